The highest BCUT2D eigenvalue weighted by molar-refractivity contribution is 5.99. The second-order valence-corrected chi connectivity index (χ2v) is 5.96. The lowest BCUT2D eigenvalue weighted by molar-refractivity contribution is -0.131. The van der Waals surface area contributed by atoms with Gasteiger partial charge in [-0.05, 0) is 29.3 Å². The van der Waals surface area contributed by atoms with Gasteiger partial charge < -0.3 is 4.74 Å². The van der Waals surface area contributed by atoms with Crippen molar-refractivity contribution >= 4 is 16.7 Å². The van der Waals surface area contributed by atoms with Gasteiger partial charge in [0, 0.05) is 17.1 Å². The number of carbonyl (C=O) groups excluding carboxylic acids is 1. The van der Waals surface area contributed by atoms with Crippen molar-refractivity contribution in [2.45, 2.75) is 12.8 Å². The van der Waals surface area contributed by atoms with Crippen LogP contribution in [0.25, 0.3) is 10.8 Å². The van der Waals surface area contributed by atoms with Crippen molar-refractivity contribution in [1.29, 1.82) is 0 Å². The molecule has 0 fully saturated rings. The van der Waals surface area contributed by atoms with Crippen LogP contribution in [0.2, 0.25) is 0 Å². The van der Waals surface area contributed by atoms with Crippen molar-refractivity contribution in [3.8, 4) is 5.75 Å². The van der Waals surface area contributed by atoms with Crippen molar-refractivity contribution in [2.24, 2.45) is 0 Å². The SMILES string of the molecule is C=C1C(=O)Oc2ccc3ccccc3c2C1c1ccc(C)cc1. The quantitative estimate of drug-likeness (QED) is 0.368. The summed E-state index contributed by atoms with van der Waals surface area (Å²) in [5, 5.41) is 2.23. The topological polar surface area (TPSA) is 26.3 Å². The standard InChI is InChI=1S/C21H16O2/c1-13-7-9-16(10-8-13)19-14(2)21(22)23-18-12-11-15-5-3-4-6-17(15)20(18)19/h3-12,19H,2H2,1H3. The highest BCUT2D eigenvalue weighted by Crippen LogP contribution is 2.44. The third kappa shape index (κ3) is 2.15. The Balaban J connectivity index is 2.03. The molecule has 0 amide bonds. The van der Waals surface area contributed by atoms with Gasteiger partial charge in [0.15, 0.2) is 0 Å². The highest BCUT2D eigenvalue weighted by Gasteiger charge is 2.33. The molecule has 1 aliphatic rings. The normalized spacial score (nSPS) is 17.0. The molecule has 0 aromatic heterocycles. The van der Waals surface area contributed by atoms with Crippen LogP contribution >= 0.6 is 0 Å². The zero-order valence-electron chi connectivity index (χ0n) is 12.9. The van der Waals surface area contributed by atoms with Gasteiger partial charge in [-0.15, -0.1) is 0 Å². The number of hydrogen-bond acceptors (Lipinski definition) is 2. The lowest BCUT2D eigenvalue weighted by Gasteiger charge is -2.28. The molecular formula is C21H16O2. The van der Waals surface area contributed by atoms with Crippen LogP contribution in [0, 0.1) is 6.92 Å². The van der Waals surface area contributed by atoms with Crippen molar-refractivity contribution < 1.29 is 9.53 Å². The number of fused-ring (bicyclic) bond motifs is 3. The number of rotatable bonds is 1. The van der Waals surface area contributed by atoms with Gasteiger partial charge in [0.05, 0.1) is 0 Å². The molecule has 0 saturated carbocycles. The molecule has 1 atom stereocenters. The Morgan fingerprint density at radius 1 is 0.957 bits per heavy atom. The molecule has 4 rings (SSSR count). The van der Waals surface area contributed by atoms with Gasteiger partial charge in [0.2, 0.25) is 0 Å². The summed E-state index contributed by atoms with van der Waals surface area (Å²) >= 11 is 0. The molecule has 23 heavy (non-hydrogen) atoms. The van der Waals surface area contributed by atoms with E-state index in [1.54, 1.807) is 0 Å². The number of aryl methyl sites for hydroxylation is 1. The molecule has 0 spiro atoms. The summed E-state index contributed by atoms with van der Waals surface area (Å²) in [7, 11) is 0. The number of carbonyl (C=O) groups is 1. The molecule has 1 aliphatic heterocycles. The van der Waals surface area contributed by atoms with E-state index in [1.165, 1.54) is 5.56 Å². The second-order valence-electron chi connectivity index (χ2n) is 5.96. The first-order valence-electron chi connectivity index (χ1n) is 7.64. The summed E-state index contributed by atoms with van der Waals surface area (Å²) < 4.78 is 5.49. The Hall–Kier alpha value is -2.87. The first-order chi connectivity index (χ1) is 11.1. The minimum atomic E-state index is -0.349. The highest BCUT2D eigenvalue weighted by atomic mass is 16.5. The fourth-order valence-corrected chi connectivity index (χ4v) is 3.25. The number of hydrogen-bond donors (Lipinski definition) is 0. The minimum Gasteiger partial charge on any atom is -0.423 e. The largest absolute Gasteiger partial charge is 0.423 e. The Labute approximate surface area is 135 Å². The van der Waals surface area contributed by atoms with Crippen LogP contribution in [0.1, 0.15) is 22.6 Å². The van der Waals surface area contributed by atoms with Crippen LogP contribution in [0.3, 0.4) is 0 Å². The Morgan fingerprint density at radius 2 is 1.70 bits per heavy atom. The van der Waals surface area contributed by atoms with E-state index in [2.05, 4.69) is 49.9 Å². The van der Waals surface area contributed by atoms with Gasteiger partial charge in [-0.3, -0.25) is 0 Å². The predicted octanol–water partition coefficient (Wildman–Crippen LogP) is 4.76. The average molecular weight is 300 g/mol. The van der Waals surface area contributed by atoms with Gasteiger partial charge in [0.1, 0.15) is 5.75 Å². The molecule has 112 valence electrons. The molecule has 0 aliphatic carbocycles. The van der Waals surface area contributed by atoms with Gasteiger partial charge in [-0.1, -0.05) is 66.7 Å². The van der Waals surface area contributed by atoms with Crippen LogP contribution in [0.15, 0.2) is 72.8 Å². The lowest BCUT2D eigenvalue weighted by Crippen LogP contribution is -2.24. The summed E-state index contributed by atoms with van der Waals surface area (Å²) in [4.78, 5) is 12.2. The van der Waals surface area contributed by atoms with E-state index in [0.717, 1.165) is 21.9 Å². The van der Waals surface area contributed by atoms with Crippen molar-refractivity contribution in [2.75, 3.05) is 0 Å². The first-order valence-corrected chi connectivity index (χ1v) is 7.64. The second kappa shape index (κ2) is 5.10. The number of benzene rings is 3. The molecule has 0 saturated heterocycles. The molecule has 1 unspecified atom stereocenters. The Bertz CT molecular complexity index is 936. The monoisotopic (exact) mass is 300 g/mol. The summed E-state index contributed by atoms with van der Waals surface area (Å²) in [5.74, 6) is 0.114. The maximum atomic E-state index is 12.2. The van der Waals surface area contributed by atoms with Gasteiger partial charge in [-0.25, -0.2) is 4.79 Å². The Morgan fingerprint density at radius 3 is 2.48 bits per heavy atom. The van der Waals surface area contributed by atoms with Crippen LogP contribution in [0.4, 0.5) is 0 Å². The van der Waals surface area contributed by atoms with E-state index >= 15 is 0 Å². The van der Waals surface area contributed by atoms with Crippen molar-refractivity contribution in [1.82, 2.24) is 0 Å². The summed E-state index contributed by atoms with van der Waals surface area (Å²) in [6.07, 6.45) is 0. The Kier molecular flexibility index (Phi) is 3.05. The van der Waals surface area contributed by atoms with E-state index < -0.39 is 0 Å². The van der Waals surface area contributed by atoms with Gasteiger partial charge in [0.25, 0.3) is 0 Å². The van der Waals surface area contributed by atoms with E-state index in [-0.39, 0.29) is 11.9 Å². The smallest absolute Gasteiger partial charge is 0.339 e. The zero-order valence-corrected chi connectivity index (χ0v) is 12.9. The predicted molar refractivity (Wildman–Crippen MR) is 91.7 cm³/mol. The van der Waals surface area contributed by atoms with Crippen LogP contribution in [-0.2, 0) is 4.79 Å². The van der Waals surface area contributed by atoms with E-state index in [4.69, 9.17) is 4.74 Å². The number of esters is 1. The fraction of sp³-hybridized carbons (Fsp3) is 0.0952. The molecule has 2 nitrogen and oxygen atoms in total. The third-order valence-corrected chi connectivity index (χ3v) is 4.44. The first kappa shape index (κ1) is 13.8. The maximum Gasteiger partial charge on any atom is 0.339 e. The lowest BCUT2D eigenvalue weighted by atomic mass is 9.81. The molecule has 2 heteroatoms. The average Bonchev–Trinajstić information content (AvgIpc) is 2.57. The summed E-state index contributed by atoms with van der Waals surface area (Å²) in [5.41, 5.74) is 3.76. The fourth-order valence-electron chi connectivity index (χ4n) is 3.25. The molecule has 0 N–H and O–H groups in total. The van der Waals surface area contributed by atoms with E-state index in [0.29, 0.717) is 11.3 Å². The molecular weight excluding hydrogens is 284 g/mol. The van der Waals surface area contributed by atoms with Crippen LogP contribution < -0.4 is 4.74 Å². The molecule has 0 radical (unpaired) electrons. The molecule has 3 aromatic carbocycles. The zero-order chi connectivity index (χ0) is 16.0. The summed E-state index contributed by atoms with van der Waals surface area (Å²) in [6, 6.07) is 20.3. The van der Waals surface area contributed by atoms with E-state index in [1.807, 2.05) is 24.3 Å². The number of ether oxygens (including phenoxy) is 1. The van der Waals surface area contributed by atoms with Crippen LogP contribution in [0.5, 0.6) is 5.75 Å². The van der Waals surface area contributed by atoms with Gasteiger partial charge >= 0.3 is 5.97 Å². The molecule has 0 bridgehead atoms. The molecule has 1 heterocycles. The third-order valence-electron chi connectivity index (χ3n) is 4.44. The van der Waals surface area contributed by atoms with Crippen LogP contribution in [-0.4, -0.2) is 5.97 Å². The van der Waals surface area contributed by atoms with E-state index in [9.17, 15) is 4.79 Å². The minimum absolute atomic E-state index is 0.169. The van der Waals surface area contributed by atoms with Gasteiger partial charge in [-0.2, -0.15) is 0 Å². The van der Waals surface area contributed by atoms with Crippen molar-refractivity contribution in [3.63, 3.8) is 0 Å². The molecule has 3 aromatic rings. The summed E-state index contributed by atoms with van der Waals surface area (Å²) in [6.45, 7) is 6.06. The maximum absolute atomic E-state index is 12.2. The van der Waals surface area contributed by atoms with Crippen molar-refractivity contribution in [3.05, 3.63) is 89.5 Å².